The molecule has 4 nitrogen and oxygen atoms in total. The van der Waals surface area contributed by atoms with Gasteiger partial charge in [-0.25, -0.2) is 15.8 Å². The van der Waals surface area contributed by atoms with Crippen molar-refractivity contribution in [2.75, 3.05) is 5.43 Å². The first-order valence-electron chi connectivity index (χ1n) is 5.20. The highest BCUT2D eigenvalue weighted by atomic mass is 19.4. The molecule has 1 heterocycles. The van der Waals surface area contributed by atoms with Gasteiger partial charge in [-0.05, 0) is 12.3 Å². The first kappa shape index (κ1) is 13.7. The van der Waals surface area contributed by atoms with Crippen LogP contribution >= 0.6 is 0 Å². The monoisotopic (exact) mass is 248 g/mol. The zero-order valence-electron chi connectivity index (χ0n) is 9.67. The van der Waals surface area contributed by atoms with Crippen LogP contribution in [-0.2, 0) is 12.8 Å². The second-order valence-electron chi connectivity index (χ2n) is 4.20. The molecular weight excluding hydrogens is 233 g/mol. The lowest BCUT2D eigenvalue weighted by Crippen LogP contribution is -2.18. The summed E-state index contributed by atoms with van der Waals surface area (Å²) in [7, 11) is 0. The number of nitrogens with two attached hydrogens (primary N) is 1. The Labute approximate surface area is 97.4 Å². The van der Waals surface area contributed by atoms with Crippen LogP contribution < -0.4 is 11.3 Å². The maximum Gasteiger partial charge on any atom is 0.396 e. The molecule has 0 saturated heterocycles. The third-order valence-corrected chi connectivity index (χ3v) is 1.95. The summed E-state index contributed by atoms with van der Waals surface area (Å²) in [6.45, 7) is 3.92. The van der Waals surface area contributed by atoms with Gasteiger partial charge in [0, 0.05) is 11.8 Å². The fraction of sp³-hybridized carbons (Fsp3) is 0.600. The van der Waals surface area contributed by atoms with E-state index in [-0.39, 0.29) is 11.6 Å². The average Bonchev–Trinajstić information content (AvgIpc) is 2.13. The zero-order chi connectivity index (χ0) is 13.1. The van der Waals surface area contributed by atoms with Gasteiger partial charge < -0.3 is 5.43 Å². The number of rotatable bonds is 4. The van der Waals surface area contributed by atoms with Crippen molar-refractivity contribution in [2.45, 2.75) is 32.9 Å². The molecule has 1 rings (SSSR count). The summed E-state index contributed by atoms with van der Waals surface area (Å²) >= 11 is 0. The highest BCUT2D eigenvalue weighted by Crippen LogP contribution is 2.20. The Morgan fingerprint density at radius 3 is 2.47 bits per heavy atom. The zero-order valence-corrected chi connectivity index (χ0v) is 9.67. The molecule has 0 aliphatic rings. The number of nitrogens with one attached hydrogen (secondary N) is 1. The lowest BCUT2D eigenvalue weighted by atomic mass is 10.1. The quantitative estimate of drug-likeness (QED) is 0.632. The molecule has 0 atom stereocenters. The molecule has 3 N–H and O–H groups in total. The summed E-state index contributed by atoms with van der Waals surface area (Å²) in [5.41, 5.74) is 2.81. The van der Waals surface area contributed by atoms with Crippen LogP contribution in [0.25, 0.3) is 0 Å². The topological polar surface area (TPSA) is 63.8 Å². The number of anilines is 1. The van der Waals surface area contributed by atoms with E-state index in [4.69, 9.17) is 5.84 Å². The summed E-state index contributed by atoms with van der Waals surface area (Å²) < 4.78 is 36.7. The Morgan fingerprint density at radius 2 is 2.00 bits per heavy atom. The summed E-state index contributed by atoms with van der Waals surface area (Å²) in [6, 6.07) is 1.56. The van der Waals surface area contributed by atoms with Crippen LogP contribution in [0.15, 0.2) is 6.07 Å². The van der Waals surface area contributed by atoms with Crippen molar-refractivity contribution in [1.29, 1.82) is 0 Å². The van der Waals surface area contributed by atoms with Crippen molar-refractivity contribution in [2.24, 2.45) is 11.8 Å². The molecule has 0 saturated carbocycles. The van der Waals surface area contributed by atoms with Crippen molar-refractivity contribution < 1.29 is 13.2 Å². The van der Waals surface area contributed by atoms with E-state index in [1.54, 1.807) is 6.07 Å². The van der Waals surface area contributed by atoms with Gasteiger partial charge >= 0.3 is 6.18 Å². The minimum atomic E-state index is -4.32. The van der Waals surface area contributed by atoms with E-state index in [1.807, 2.05) is 13.8 Å². The van der Waals surface area contributed by atoms with Crippen molar-refractivity contribution in [3.8, 4) is 0 Å². The maximum absolute atomic E-state index is 12.2. The van der Waals surface area contributed by atoms with Gasteiger partial charge in [0.05, 0.1) is 0 Å². The third kappa shape index (κ3) is 4.99. The van der Waals surface area contributed by atoms with Crippen LogP contribution in [0.2, 0.25) is 0 Å². The van der Waals surface area contributed by atoms with E-state index in [0.29, 0.717) is 18.0 Å². The first-order chi connectivity index (χ1) is 7.80. The summed E-state index contributed by atoms with van der Waals surface area (Å²) in [6.07, 6.45) is -4.88. The fourth-order valence-electron chi connectivity index (χ4n) is 1.41. The van der Waals surface area contributed by atoms with E-state index >= 15 is 0 Å². The predicted octanol–water partition coefficient (Wildman–Crippen LogP) is 2.07. The summed E-state index contributed by atoms with van der Waals surface area (Å²) in [4.78, 5) is 7.56. The highest BCUT2D eigenvalue weighted by molar-refractivity contribution is 5.34. The van der Waals surface area contributed by atoms with Gasteiger partial charge in [0.2, 0.25) is 0 Å². The molecule has 0 unspecified atom stereocenters. The fourth-order valence-corrected chi connectivity index (χ4v) is 1.41. The highest BCUT2D eigenvalue weighted by Gasteiger charge is 2.29. The normalized spacial score (nSPS) is 11.9. The maximum atomic E-state index is 12.2. The Bertz CT molecular complexity index is 376. The Balaban J connectivity index is 2.97. The third-order valence-electron chi connectivity index (χ3n) is 1.95. The van der Waals surface area contributed by atoms with Gasteiger partial charge in [0.25, 0.3) is 0 Å². The van der Waals surface area contributed by atoms with Gasteiger partial charge in [-0.15, -0.1) is 0 Å². The molecule has 0 radical (unpaired) electrons. The van der Waals surface area contributed by atoms with Crippen LogP contribution in [0.4, 0.5) is 19.0 Å². The van der Waals surface area contributed by atoms with Crippen molar-refractivity contribution in [3.05, 3.63) is 17.6 Å². The Hall–Kier alpha value is -1.37. The summed E-state index contributed by atoms with van der Waals surface area (Å²) in [5.74, 6) is 5.40. The number of aromatic nitrogens is 2. The van der Waals surface area contributed by atoms with E-state index < -0.39 is 12.6 Å². The molecule has 1 aromatic rings. The second-order valence-corrected chi connectivity index (χ2v) is 4.20. The van der Waals surface area contributed by atoms with Crippen LogP contribution in [0.3, 0.4) is 0 Å². The van der Waals surface area contributed by atoms with E-state index in [0.717, 1.165) is 0 Å². The number of hydrogen-bond donors (Lipinski definition) is 2. The number of alkyl halides is 3. The average molecular weight is 248 g/mol. The van der Waals surface area contributed by atoms with Gasteiger partial charge in [-0.2, -0.15) is 13.2 Å². The lowest BCUT2D eigenvalue weighted by Gasteiger charge is -2.10. The molecule has 96 valence electrons. The minimum absolute atomic E-state index is 0.204. The number of hydrazine groups is 1. The number of nitrogens with zero attached hydrogens (tertiary/aromatic N) is 2. The molecule has 0 aliphatic carbocycles. The Morgan fingerprint density at radius 1 is 1.35 bits per heavy atom. The van der Waals surface area contributed by atoms with Gasteiger partial charge in [0.1, 0.15) is 18.1 Å². The number of halogens is 3. The van der Waals surface area contributed by atoms with Crippen LogP contribution in [0, 0.1) is 5.92 Å². The largest absolute Gasteiger partial charge is 0.396 e. The molecule has 0 aliphatic heterocycles. The molecule has 0 amide bonds. The minimum Gasteiger partial charge on any atom is -0.308 e. The molecule has 0 spiro atoms. The molecule has 17 heavy (non-hydrogen) atoms. The summed E-state index contributed by atoms with van der Waals surface area (Å²) in [5, 5.41) is 0. The smallest absolute Gasteiger partial charge is 0.308 e. The molecule has 0 aromatic carbocycles. The van der Waals surface area contributed by atoms with Crippen LogP contribution in [0.1, 0.15) is 25.4 Å². The molecule has 7 heteroatoms. The van der Waals surface area contributed by atoms with Gasteiger partial charge in [-0.3, -0.25) is 0 Å². The molecular formula is C10H15F3N4. The SMILES string of the molecule is CC(C)Cc1cc(NN)nc(CC(F)(F)F)n1. The second kappa shape index (κ2) is 5.31. The van der Waals surface area contributed by atoms with Gasteiger partial charge in [-0.1, -0.05) is 13.8 Å². The number of nitrogen functional groups attached to an aromatic ring is 1. The van der Waals surface area contributed by atoms with Crippen molar-refractivity contribution in [1.82, 2.24) is 9.97 Å². The van der Waals surface area contributed by atoms with Crippen molar-refractivity contribution >= 4 is 5.82 Å². The van der Waals surface area contributed by atoms with Crippen LogP contribution in [-0.4, -0.2) is 16.1 Å². The molecule has 1 aromatic heterocycles. The first-order valence-corrected chi connectivity index (χ1v) is 5.20. The van der Waals surface area contributed by atoms with Crippen LogP contribution in [0.5, 0.6) is 0 Å². The standard InChI is InChI=1S/C10H15F3N4/c1-6(2)3-7-4-8(17-14)16-9(15-7)5-10(11,12)13/h4,6H,3,5,14H2,1-2H3,(H,15,16,17). The van der Waals surface area contributed by atoms with E-state index in [9.17, 15) is 13.2 Å². The van der Waals surface area contributed by atoms with Gasteiger partial charge in [0.15, 0.2) is 0 Å². The van der Waals surface area contributed by atoms with Crippen molar-refractivity contribution in [3.63, 3.8) is 0 Å². The predicted molar refractivity (Wildman–Crippen MR) is 58.1 cm³/mol. The van der Waals surface area contributed by atoms with E-state index in [2.05, 4.69) is 15.4 Å². The van der Waals surface area contributed by atoms with E-state index in [1.165, 1.54) is 0 Å². The molecule has 0 fully saturated rings. The Kier molecular flexibility index (Phi) is 4.28. The number of hydrogen-bond acceptors (Lipinski definition) is 4. The molecule has 0 bridgehead atoms. The lowest BCUT2D eigenvalue weighted by molar-refractivity contribution is -0.128.